The van der Waals surface area contributed by atoms with E-state index in [1.54, 1.807) is 18.4 Å². The average molecular weight is 303 g/mol. The normalized spacial score (nSPS) is 12.2. The number of aryl methyl sites for hydroxylation is 2. The van der Waals surface area contributed by atoms with Gasteiger partial charge in [0.1, 0.15) is 5.01 Å². The number of benzene rings is 1. The van der Waals surface area contributed by atoms with Gasteiger partial charge in [0.25, 0.3) is 0 Å². The van der Waals surface area contributed by atoms with E-state index in [9.17, 15) is 4.79 Å². The molecule has 1 amide bonds. The number of carbonyl (C=O) groups is 1. The number of nitrogens with one attached hydrogen (secondary N) is 2. The first-order chi connectivity index (χ1) is 10.0. The minimum absolute atomic E-state index is 0.00492. The van der Waals surface area contributed by atoms with Gasteiger partial charge in [0.2, 0.25) is 5.91 Å². The number of hydrogen-bond donors (Lipinski definition) is 2. The predicted octanol–water partition coefficient (Wildman–Crippen LogP) is 2.82. The van der Waals surface area contributed by atoms with Crippen molar-refractivity contribution in [3.63, 3.8) is 0 Å². The topological polar surface area (TPSA) is 54.0 Å². The molecule has 4 nitrogen and oxygen atoms in total. The van der Waals surface area contributed by atoms with E-state index < -0.39 is 0 Å². The Kier molecular flexibility index (Phi) is 5.09. The van der Waals surface area contributed by atoms with Crippen molar-refractivity contribution in [1.29, 1.82) is 0 Å². The Bertz CT molecular complexity index is 619. The standard InChI is InChI=1S/C16H21N3OS/c1-10-5-7-13(8-6-10)16-19-12(3)15(21-16)11(2)18-14(20)9-17-4/h5-8,11,17H,9H2,1-4H3,(H,18,20). The molecule has 0 saturated carbocycles. The van der Waals surface area contributed by atoms with Gasteiger partial charge in [-0.05, 0) is 27.8 Å². The lowest BCUT2D eigenvalue weighted by Gasteiger charge is -2.12. The summed E-state index contributed by atoms with van der Waals surface area (Å²) in [6.45, 7) is 6.38. The van der Waals surface area contributed by atoms with Crippen LogP contribution in [0.2, 0.25) is 0 Å². The molecule has 2 N–H and O–H groups in total. The number of rotatable bonds is 5. The van der Waals surface area contributed by atoms with E-state index in [0.29, 0.717) is 6.54 Å². The van der Waals surface area contributed by atoms with Crippen LogP contribution in [0, 0.1) is 13.8 Å². The minimum atomic E-state index is -0.0254. The van der Waals surface area contributed by atoms with Crippen LogP contribution in [-0.2, 0) is 4.79 Å². The van der Waals surface area contributed by atoms with Crippen LogP contribution in [0.5, 0.6) is 0 Å². The molecule has 1 unspecified atom stereocenters. The van der Waals surface area contributed by atoms with E-state index >= 15 is 0 Å². The molecule has 2 aromatic rings. The quantitative estimate of drug-likeness (QED) is 0.893. The molecule has 1 atom stereocenters. The zero-order valence-electron chi connectivity index (χ0n) is 12.9. The van der Waals surface area contributed by atoms with Crippen LogP contribution in [0.25, 0.3) is 10.6 Å². The summed E-state index contributed by atoms with van der Waals surface area (Å²) in [6.07, 6.45) is 0. The second-order valence-electron chi connectivity index (χ2n) is 5.15. The molecule has 112 valence electrons. The molecule has 0 radical (unpaired) electrons. The van der Waals surface area contributed by atoms with Crippen molar-refractivity contribution >= 4 is 17.2 Å². The third-order valence-electron chi connectivity index (χ3n) is 3.24. The molecule has 0 aliphatic heterocycles. The first-order valence-electron chi connectivity index (χ1n) is 6.99. The first-order valence-corrected chi connectivity index (χ1v) is 7.81. The van der Waals surface area contributed by atoms with Crippen LogP contribution in [0.3, 0.4) is 0 Å². The molecule has 0 bridgehead atoms. The number of likely N-dealkylation sites (N-methyl/N-ethyl adjacent to an activating group) is 1. The van der Waals surface area contributed by atoms with Crippen molar-refractivity contribution in [2.75, 3.05) is 13.6 Å². The van der Waals surface area contributed by atoms with E-state index in [-0.39, 0.29) is 11.9 Å². The van der Waals surface area contributed by atoms with Gasteiger partial charge in [0.05, 0.1) is 23.2 Å². The smallest absolute Gasteiger partial charge is 0.234 e. The largest absolute Gasteiger partial charge is 0.348 e. The number of hydrogen-bond acceptors (Lipinski definition) is 4. The summed E-state index contributed by atoms with van der Waals surface area (Å²) in [5, 5.41) is 6.83. The van der Waals surface area contributed by atoms with E-state index in [2.05, 4.69) is 46.8 Å². The highest BCUT2D eigenvalue weighted by molar-refractivity contribution is 7.15. The van der Waals surface area contributed by atoms with E-state index in [0.717, 1.165) is 21.1 Å². The summed E-state index contributed by atoms with van der Waals surface area (Å²) in [4.78, 5) is 17.4. The summed E-state index contributed by atoms with van der Waals surface area (Å²) < 4.78 is 0. The number of amides is 1. The number of thiazole rings is 1. The van der Waals surface area contributed by atoms with Gasteiger partial charge >= 0.3 is 0 Å². The van der Waals surface area contributed by atoms with Gasteiger partial charge in [-0.25, -0.2) is 4.98 Å². The van der Waals surface area contributed by atoms with E-state index in [1.165, 1.54) is 5.56 Å². The van der Waals surface area contributed by atoms with Crippen molar-refractivity contribution in [3.05, 3.63) is 40.4 Å². The van der Waals surface area contributed by atoms with Gasteiger partial charge in [-0.15, -0.1) is 11.3 Å². The number of nitrogens with zero attached hydrogens (tertiary/aromatic N) is 1. The van der Waals surface area contributed by atoms with Gasteiger partial charge < -0.3 is 10.6 Å². The van der Waals surface area contributed by atoms with E-state index in [4.69, 9.17) is 0 Å². The van der Waals surface area contributed by atoms with Gasteiger partial charge in [-0.3, -0.25) is 4.79 Å². The summed E-state index contributed by atoms with van der Waals surface area (Å²) in [5.74, 6) is -0.00492. The molecule has 0 fully saturated rings. The fourth-order valence-electron chi connectivity index (χ4n) is 2.15. The van der Waals surface area contributed by atoms with Crippen molar-refractivity contribution in [2.24, 2.45) is 0 Å². The molecular formula is C16H21N3OS. The summed E-state index contributed by atoms with van der Waals surface area (Å²) >= 11 is 1.64. The maximum absolute atomic E-state index is 11.7. The number of aromatic nitrogens is 1. The Morgan fingerprint density at radius 2 is 1.95 bits per heavy atom. The van der Waals surface area contributed by atoms with E-state index in [1.807, 2.05) is 13.8 Å². The Morgan fingerprint density at radius 1 is 1.29 bits per heavy atom. The lowest BCUT2D eigenvalue weighted by Crippen LogP contribution is -2.33. The lowest BCUT2D eigenvalue weighted by atomic mass is 10.2. The highest BCUT2D eigenvalue weighted by Crippen LogP contribution is 2.31. The summed E-state index contributed by atoms with van der Waals surface area (Å²) in [5.41, 5.74) is 3.33. The monoisotopic (exact) mass is 303 g/mol. The van der Waals surface area contributed by atoms with Crippen molar-refractivity contribution < 1.29 is 4.79 Å². The van der Waals surface area contributed by atoms with Crippen LogP contribution in [-0.4, -0.2) is 24.5 Å². The molecule has 1 heterocycles. The van der Waals surface area contributed by atoms with Gasteiger partial charge in [-0.1, -0.05) is 29.8 Å². The highest BCUT2D eigenvalue weighted by Gasteiger charge is 2.16. The maximum atomic E-state index is 11.7. The maximum Gasteiger partial charge on any atom is 0.234 e. The Balaban J connectivity index is 2.18. The average Bonchev–Trinajstić information content (AvgIpc) is 2.82. The highest BCUT2D eigenvalue weighted by atomic mass is 32.1. The zero-order valence-corrected chi connectivity index (χ0v) is 13.7. The molecule has 21 heavy (non-hydrogen) atoms. The second-order valence-corrected chi connectivity index (χ2v) is 6.18. The third-order valence-corrected chi connectivity index (χ3v) is 4.63. The lowest BCUT2D eigenvalue weighted by molar-refractivity contribution is -0.120. The molecular weight excluding hydrogens is 282 g/mol. The van der Waals surface area contributed by atoms with Crippen LogP contribution in [0.1, 0.15) is 29.1 Å². The van der Waals surface area contributed by atoms with Crippen molar-refractivity contribution in [2.45, 2.75) is 26.8 Å². The molecule has 0 spiro atoms. The van der Waals surface area contributed by atoms with Gasteiger partial charge in [0.15, 0.2) is 0 Å². The Hall–Kier alpha value is -1.72. The molecule has 1 aromatic heterocycles. The van der Waals surface area contributed by atoms with Crippen LogP contribution >= 0.6 is 11.3 Å². The fraction of sp³-hybridized carbons (Fsp3) is 0.375. The minimum Gasteiger partial charge on any atom is -0.348 e. The SMILES string of the molecule is CNCC(=O)NC(C)c1sc(-c2ccc(C)cc2)nc1C. The van der Waals surface area contributed by atoms with Gasteiger partial charge in [0, 0.05) is 5.56 Å². The Morgan fingerprint density at radius 3 is 2.57 bits per heavy atom. The van der Waals surface area contributed by atoms with Gasteiger partial charge in [-0.2, -0.15) is 0 Å². The van der Waals surface area contributed by atoms with Crippen molar-refractivity contribution in [3.8, 4) is 10.6 Å². The summed E-state index contributed by atoms with van der Waals surface area (Å²) in [6, 6.07) is 8.32. The van der Waals surface area contributed by atoms with Crippen molar-refractivity contribution in [1.82, 2.24) is 15.6 Å². The molecule has 1 aromatic carbocycles. The molecule has 0 saturated heterocycles. The first kappa shape index (κ1) is 15.7. The van der Waals surface area contributed by atoms with Crippen LogP contribution < -0.4 is 10.6 Å². The molecule has 2 rings (SSSR count). The fourth-order valence-corrected chi connectivity index (χ4v) is 3.22. The molecule has 0 aliphatic carbocycles. The van der Waals surface area contributed by atoms with Crippen LogP contribution in [0.4, 0.5) is 0 Å². The third kappa shape index (κ3) is 3.89. The Labute approximate surface area is 129 Å². The predicted molar refractivity (Wildman–Crippen MR) is 87.5 cm³/mol. The summed E-state index contributed by atoms with van der Waals surface area (Å²) in [7, 11) is 1.76. The van der Waals surface area contributed by atoms with Crippen LogP contribution in [0.15, 0.2) is 24.3 Å². The molecule has 5 heteroatoms. The molecule has 0 aliphatic rings. The zero-order chi connectivity index (χ0) is 15.4. The number of carbonyl (C=O) groups excluding carboxylic acids is 1. The second kappa shape index (κ2) is 6.83.